The average Bonchev–Trinajstić information content (AvgIpc) is 2.97. The number of rotatable bonds is 5. The van der Waals surface area contributed by atoms with Crippen LogP contribution in [0.25, 0.3) is 0 Å². The minimum atomic E-state index is -1.04. The number of carbonyl (C=O) groups is 3. The van der Waals surface area contributed by atoms with Crippen molar-refractivity contribution in [3.05, 3.63) is 0 Å². The van der Waals surface area contributed by atoms with Gasteiger partial charge in [-0.3, -0.25) is 19.3 Å². The summed E-state index contributed by atoms with van der Waals surface area (Å²) in [5.41, 5.74) is 0. The van der Waals surface area contributed by atoms with Gasteiger partial charge in [-0.1, -0.05) is 0 Å². The highest BCUT2D eigenvalue weighted by molar-refractivity contribution is 6.13. The Balaban J connectivity index is 1.95. The lowest BCUT2D eigenvalue weighted by Gasteiger charge is -2.19. The summed E-state index contributed by atoms with van der Waals surface area (Å²) in [6.45, 7) is 2.34. The Kier molecular flexibility index (Phi) is 2.91. The largest absolute Gasteiger partial charge is 0.481 e. The molecule has 3 atom stereocenters. The Morgan fingerprint density at radius 3 is 2.35 bits per heavy atom. The maximum atomic E-state index is 11.8. The van der Waals surface area contributed by atoms with Crippen molar-refractivity contribution in [3.8, 4) is 0 Å². The number of hydrogen-bond acceptors (Lipinski definition) is 4. The van der Waals surface area contributed by atoms with Crippen molar-refractivity contribution in [2.24, 2.45) is 17.8 Å². The van der Waals surface area contributed by atoms with Crippen LogP contribution in [0.3, 0.4) is 0 Å². The van der Waals surface area contributed by atoms with Gasteiger partial charge in [0.05, 0.1) is 17.8 Å². The van der Waals surface area contributed by atoms with E-state index in [0.717, 1.165) is 0 Å². The number of carboxylic acid groups (broad SMARTS) is 1. The molecule has 17 heavy (non-hydrogen) atoms. The van der Waals surface area contributed by atoms with Crippen molar-refractivity contribution in [1.29, 1.82) is 0 Å². The topological polar surface area (TPSA) is 86.7 Å². The highest BCUT2D eigenvalue weighted by Gasteiger charge is 2.70. The van der Waals surface area contributed by atoms with Crippen molar-refractivity contribution in [2.75, 3.05) is 13.6 Å². The molecule has 6 heteroatoms. The van der Waals surface area contributed by atoms with E-state index >= 15 is 0 Å². The molecule has 1 aliphatic heterocycles. The monoisotopic (exact) mass is 240 g/mol. The average molecular weight is 240 g/mol. The van der Waals surface area contributed by atoms with Crippen LogP contribution in [0.15, 0.2) is 0 Å². The van der Waals surface area contributed by atoms with Crippen LogP contribution < -0.4 is 5.32 Å². The summed E-state index contributed by atoms with van der Waals surface area (Å²) in [5.74, 6) is -3.61. The van der Waals surface area contributed by atoms with E-state index in [2.05, 4.69) is 5.32 Å². The minimum absolute atomic E-state index is 0.225. The molecule has 0 bridgehead atoms. The van der Waals surface area contributed by atoms with E-state index in [1.165, 1.54) is 4.90 Å². The van der Waals surface area contributed by atoms with Gasteiger partial charge in [0.15, 0.2) is 0 Å². The van der Waals surface area contributed by atoms with Gasteiger partial charge in [-0.05, 0) is 20.4 Å². The fourth-order valence-electron chi connectivity index (χ4n) is 2.39. The number of aliphatic carboxylic acids is 1. The highest BCUT2D eigenvalue weighted by atomic mass is 16.4. The van der Waals surface area contributed by atoms with Crippen LogP contribution >= 0.6 is 0 Å². The molecule has 0 aromatic rings. The molecule has 0 aromatic carbocycles. The second kappa shape index (κ2) is 4.10. The normalized spacial score (nSPS) is 32.6. The molecule has 2 rings (SSSR count). The Hall–Kier alpha value is -1.43. The molecule has 1 saturated heterocycles. The summed E-state index contributed by atoms with van der Waals surface area (Å²) in [5, 5.41) is 11.8. The second-order valence-electron chi connectivity index (χ2n) is 4.72. The second-order valence-corrected chi connectivity index (χ2v) is 4.72. The van der Waals surface area contributed by atoms with E-state index in [4.69, 9.17) is 5.11 Å². The number of amides is 2. The summed E-state index contributed by atoms with van der Waals surface area (Å²) in [6.07, 6.45) is 0.686. The van der Waals surface area contributed by atoms with Gasteiger partial charge in [-0.15, -0.1) is 0 Å². The first kappa shape index (κ1) is 12.0. The Bertz CT molecular complexity index is 360. The number of hydrogen-bond donors (Lipinski definition) is 2. The van der Waals surface area contributed by atoms with E-state index in [1.807, 2.05) is 14.0 Å². The van der Waals surface area contributed by atoms with Gasteiger partial charge in [0.25, 0.3) is 0 Å². The molecule has 2 aliphatic rings. The third-order valence-corrected chi connectivity index (χ3v) is 3.69. The van der Waals surface area contributed by atoms with Gasteiger partial charge in [0.2, 0.25) is 11.8 Å². The maximum absolute atomic E-state index is 11.8. The van der Waals surface area contributed by atoms with Crippen LogP contribution in [0, 0.1) is 17.8 Å². The lowest BCUT2D eigenvalue weighted by atomic mass is 10.2. The van der Waals surface area contributed by atoms with Gasteiger partial charge in [0, 0.05) is 12.6 Å². The quantitative estimate of drug-likeness (QED) is 0.620. The third-order valence-electron chi connectivity index (χ3n) is 3.69. The van der Waals surface area contributed by atoms with E-state index in [0.29, 0.717) is 13.0 Å². The van der Waals surface area contributed by atoms with Crippen molar-refractivity contribution < 1.29 is 19.5 Å². The Morgan fingerprint density at radius 1 is 1.41 bits per heavy atom. The standard InChI is InChI=1S/C11H16N2O4/c1-5(12-2)3-4-13-9(14)6-7(10(13)15)8(6)11(16)17/h5-8,12H,3-4H2,1-2H3,(H,16,17). The molecule has 0 aromatic heterocycles. The zero-order chi connectivity index (χ0) is 12.7. The van der Waals surface area contributed by atoms with Crippen molar-refractivity contribution >= 4 is 17.8 Å². The number of carboxylic acids is 1. The zero-order valence-corrected chi connectivity index (χ0v) is 9.84. The molecule has 3 unspecified atom stereocenters. The summed E-state index contributed by atoms with van der Waals surface area (Å²) in [7, 11) is 1.82. The van der Waals surface area contributed by atoms with Gasteiger partial charge in [-0.25, -0.2) is 0 Å². The molecule has 94 valence electrons. The molecular formula is C11H16N2O4. The van der Waals surface area contributed by atoms with Gasteiger partial charge in [-0.2, -0.15) is 0 Å². The fraction of sp³-hybridized carbons (Fsp3) is 0.727. The summed E-state index contributed by atoms with van der Waals surface area (Å²) < 4.78 is 0. The highest BCUT2D eigenvalue weighted by Crippen LogP contribution is 2.53. The SMILES string of the molecule is CNC(C)CCN1C(=O)C2C(C(=O)O)C2C1=O. The van der Waals surface area contributed by atoms with Crippen LogP contribution in [0.1, 0.15) is 13.3 Å². The Morgan fingerprint density at radius 2 is 1.94 bits per heavy atom. The molecule has 6 nitrogen and oxygen atoms in total. The molecule has 1 heterocycles. The molecule has 0 radical (unpaired) electrons. The van der Waals surface area contributed by atoms with Crippen molar-refractivity contribution in [1.82, 2.24) is 10.2 Å². The van der Waals surface area contributed by atoms with Crippen LogP contribution in [0.5, 0.6) is 0 Å². The number of nitrogens with one attached hydrogen (secondary N) is 1. The first-order valence-electron chi connectivity index (χ1n) is 5.74. The van der Waals surface area contributed by atoms with E-state index < -0.39 is 23.7 Å². The molecule has 1 saturated carbocycles. The van der Waals surface area contributed by atoms with Crippen LogP contribution in [0.4, 0.5) is 0 Å². The maximum Gasteiger partial charge on any atom is 0.308 e. The van der Waals surface area contributed by atoms with Gasteiger partial charge in [0.1, 0.15) is 0 Å². The number of fused-ring (bicyclic) bond motifs is 1. The predicted octanol–water partition coefficient (Wildman–Crippen LogP) is -0.700. The number of imide groups is 1. The molecule has 0 spiro atoms. The fourth-order valence-corrected chi connectivity index (χ4v) is 2.39. The van der Waals surface area contributed by atoms with Gasteiger partial charge < -0.3 is 10.4 Å². The summed E-state index contributed by atoms with van der Waals surface area (Å²) >= 11 is 0. The van der Waals surface area contributed by atoms with Gasteiger partial charge >= 0.3 is 5.97 Å². The first-order valence-corrected chi connectivity index (χ1v) is 5.74. The van der Waals surface area contributed by atoms with E-state index in [-0.39, 0.29) is 17.9 Å². The van der Waals surface area contributed by atoms with Crippen LogP contribution in [-0.4, -0.2) is 47.4 Å². The molecule has 1 aliphatic carbocycles. The summed E-state index contributed by atoms with van der Waals surface area (Å²) in [6, 6.07) is 0.225. The van der Waals surface area contributed by atoms with Crippen molar-refractivity contribution in [2.45, 2.75) is 19.4 Å². The lowest BCUT2D eigenvalue weighted by Crippen LogP contribution is -2.38. The first-order chi connectivity index (χ1) is 7.99. The number of nitrogens with zero attached hydrogens (tertiary/aromatic N) is 1. The van der Waals surface area contributed by atoms with E-state index in [9.17, 15) is 14.4 Å². The smallest absolute Gasteiger partial charge is 0.308 e. The van der Waals surface area contributed by atoms with Crippen LogP contribution in [-0.2, 0) is 14.4 Å². The third kappa shape index (κ3) is 1.82. The lowest BCUT2D eigenvalue weighted by molar-refractivity contribution is -0.148. The molecular weight excluding hydrogens is 224 g/mol. The zero-order valence-electron chi connectivity index (χ0n) is 9.84. The Labute approximate surface area is 99.0 Å². The number of piperidine rings is 1. The van der Waals surface area contributed by atoms with E-state index in [1.54, 1.807) is 0 Å². The van der Waals surface area contributed by atoms with Crippen molar-refractivity contribution in [3.63, 3.8) is 0 Å². The number of carbonyl (C=O) groups excluding carboxylic acids is 2. The molecule has 2 fully saturated rings. The van der Waals surface area contributed by atoms with Crippen LogP contribution in [0.2, 0.25) is 0 Å². The number of likely N-dealkylation sites (tertiary alicyclic amines) is 1. The molecule has 2 N–H and O–H groups in total. The minimum Gasteiger partial charge on any atom is -0.481 e. The molecule has 2 amide bonds. The summed E-state index contributed by atoms with van der Waals surface area (Å²) in [4.78, 5) is 35.6. The predicted molar refractivity (Wildman–Crippen MR) is 58.0 cm³/mol.